The van der Waals surface area contributed by atoms with Gasteiger partial charge in [0.2, 0.25) is 0 Å². The lowest BCUT2D eigenvalue weighted by molar-refractivity contribution is -0.137. The maximum Gasteiger partial charge on any atom is 0.416 e. The fourth-order valence-electron chi connectivity index (χ4n) is 5.19. The lowest BCUT2D eigenvalue weighted by Gasteiger charge is -2.29. The molecule has 0 radical (unpaired) electrons. The number of hydrogen-bond donors (Lipinski definition) is 0. The first-order chi connectivity index (χ1) is 16.8. The molecule has 1 aliphatic carbocycles. The van der Waals surface area contributed by atoms with Crippen LogP contribution in [0.5, 0.6) is 0 Å². The molecule has 1 saturated carbocycles. The van der Waals surface area contributed by atoms with Gasteiger partial charge in [-0.2, -0.15) is 13.2 Å². The van der Waals surface area contributed by atoms with E-state index < -0.39 is 11.7 Å². The van der Waals surface area contributed by atoms with Gasteiger partial charge in [0.15, 0.2) is 0 Å². The molecule has 0 unspecified atom stereocenters. The van der Waals surface area contributed by atoms with Gasteiger partial charge in [0.1, 0.15) is 5.82 Å². The van der Waals surface area contributed by atoms with Crippen molar-refractivity contribution >= 4 is 10.8 Å². The molecular weight excluding hydrogens is 448 g/mol. The van der Waals surface area contributed by atoms with Gasteiger partial charge in [-0.3, -0.25) is 0 Å². The number of alkyl halides is 3. The van der Waals surface area contributed by atoms with E-state index in [2.05, 4.69) is 24.8 Å². The van der Waals surface area contributed by atoms with E-state index >= 15 is 4.39 Å². The molecule has 0 saturated heterocycles. The highest BCUT2D eigenvalue weighted by Crippen LogP contribution is 2.39. The van der Waals surface area contributed by atoms with Crippen molar-refractivity contribution in [2.75, 3.05) is 0 Å². The zero-order chi connectivity index (χ0) is 24.8. The quantitative estimate of drug-likeness (QED) is 0.187. The van der Waals surface area contributed by atoms with Crippen molar-refractivity contribution in [1.82, 2.24) is 0 Å². The van der Waals surface area contributed by atoms with E-state index in [1.54, 1.807) is 6.07 Å². The van der Waals surface area contributed by atoms with Crippen LogP contribution >= 0.6 is 0 Å². The van der Waals surface area contributed by atoms with Crippen LogP contribution in [0.3, 0.4) is 0 Å². The Balaban J connectivity index is 1.43. The first-order valence-corrected chi connectivity index (χ1v) is 12.8. The number of fused-ring (bicyclic) bond motifs is 1. The van der Waals surface area contributed by atoms with Crippen LogP contribution in [0.25, 0.3) is 10.8 Å². The second kappa shape index (κ2) is 11.3. The minimum absolute atomic E-state index is 0.244. The molecule has 0 nitrogen and oxygen atoms in total. The van der Waals surface area contributed by atoms with Gasteiger partial charge < -0.3 is 0 Å². The van der Waals surface area contributed by atoms with Gasteiger partial charge in [0.05, 0.1) is 11.1 Å². The zero-order valence-corrected chi connectivity index (χ0v) is 20.2. The Morgan fingerprint density at radius 1 is 0.829 bits per heavy atom. The largest absolute Gasteiger partial charge is 0.416 e. The highest BCUT2D eigenvalue weighted by Gasteiger charge is 2.29. The third-order valence-corrected chi connectivity index (χ3v) is 7.32. The Labute approximate surface area is 205 Å². The molecular formula is C31H32F4. The zero-order valence-electron chi connectivity index (χ0n) is 20.2. The minimum atomic E-state index is -4.39. The van der Waals surface area contributed by atoms with Crippen molar-refractivity contribution in [2.45, 2.75) is 76.8 Å². The maximum absolute atomic E-state index is 15.1. The van der Waals surface area contributed by atoms with Crippen LogP contribution in [0.4, 0.5) is 17.6 Å². The fraction of sp³-hybridized carbons (Fsp3) is 0.419. The second-order valence-electron chi connectivity index (χ2n) is 9.80. The third kappa shape index (κ3) is 6.45. The van der Waals surface area contributed by atoms with Crippen LogP contribution in [-0.2, 0) is 6.18 Å². The third-order valence-electron chi connectivity index (χ3n) is 7.32. The van der Waals surface area contributed by atoms with Crippen molar-refractivity contribution in [2.24, 2.45) is 5.92 Å². The molecule has 0 atom stereocenters. The summed E-state index contributed by atoms with van der Waals surface area (Å²) in [6.45, 7) is 2.25. The Kier molecular flexibility index (Phi) is 8.16. The van der Waals surface area contributed by atoms with Gasteiger partial charge in [-0.15, -0.1) is 0 Å². The van der Waals surface area contributed by atoms with Gasteiger partial charge in [0.25, 0.3) is 0 Å². The van der Waals surface area contributed by atoms with Crippen LogP contribution in [0, 0.1) is 23.6 Å². The first-order valence-electron chi connectivity index (χ1n) is 12.8. The molecule has 184 valence electrons. The fourth-order valence-corrected chi connectivity index (χ4v) is 5.19. The molecule has 0 spiro atoms. The minimum Gasteiger partial charge on any atom is -0.205 e. The Bertz CT molecular complexity index is 1190. The molecule has 0 amide bonds. The Hall–Kier alpha value is -2.80. The summed E-state index contributed by atoms with van der Waals surface area (Å²) in [5.74, 6) is 6.56. The van der Waals surface area contributed by atoms with Crippen LogP contribution in [0.2, 0.25) is 0 Å². The van der Waals surface area contributed by atoms with E-state index in [1.807, 2.05) is 18.2 Å². The number of halogens is 4. The number of unbranched alkanes of at least 4 members (excludes halogenated alkanes) is 3. The van der Waals surface area contributed by atoms with Crippen LogP contribution in [0.1, 0.15) is 92.9 Å². The first kappa shape index (κ1) is 25.3. The van der Waals surface area contributed by atoms with Crippen molar-refractivity contribution in [3.8, 4) is 11.8 Å². The standard InChI is InChI=1S/C31H32F4/c1-2-3-4-5-6-22-7-12-24(13-8-22)26-17-20-29-27(21-26)16-15-25(30(29)32)14-9-23-10-18-28(19-11-23)31(33,34)35/h10-11,15-22,24H,2-8,12-13H2,1H3. The molecule has 4 heteroatoms. The molecule has 3 aromatic rings. The van der Waals surface area contributed by atoms with E-state index in [9.17, 15) is 13.2 Å². The smallest absolute Gasteiger partial charge is 0.205 e. The van der Waals surface area contributed by atoms with Crippen molar-refractivity contribution in [3.05, 3.63) is 82.7 Å². The number of benzene rings is 3. The monoisotopic (exact) mass is 480 g/mol. The molecule has 0 aliphatic heterocycles. The molecule has 0 heterocycles. The summed E-state index contributed by atoms with van der Waals surface area (Å²) in [4.78, 5) is 0. The molecule has 0 N–H and O–H groups in total. The highest BCUT2D eigenvalue weighted by molar-refractivity contribution is 5.85. The molecule has 1 fully saturated rings. The van der Waals surface area contributed by atoms with Crippen molar-refractivity contribution < 1.29 is 17.6 Å². The van der Waals surface area contributed by atoms with Gasteiger partial charge in [-0.1, -0.05) is 75.1 Å². The SMILES string of the molecule is CCCCCCC1CCC(c2ccc3c(F)c(C#Cc4ccc(C(F)(F)F)cc4)ccc3c2)CC1. The van der Waals surface area contributed by atoms with E-state index in [1.165, 1.54) is 75.5 Å². The molecule has 4 rings (SSSR count). The molecule has 0 bridgehead atoms. The van der Waals surface area contributed by atoms with Crippen LogP contribution in [0.15, 0.2) is 54.6 Å². The number of rotatable bonds is 6. The van der Waals surface area contributed by atoms with Crippen LogP contribution < -0.4 is 0 Å². The summed E-state index contributed by atoms with van der Waals surface area (Å²) in [6.07, 6.45) is 7.24. The highest BCUT2D eigenvalue weighted by atomic mass is 19.4. The van der Waals surface area contributed by atoms with Gasteiger partial charge >= 0.3 is 6.18 Å². The van der Waals surface area contributed by atoms with E-state index in [4.69, 9.17) is 0 Å². The van der Waals surface area contributed by atoms with Gasteiger partial charge in [-0.25, -0.2) is 4.39 Å². The average molecular weight is 481 g/mol. The predicted octanol–water partition coefficient (Wildman–Crippen LogP) is 9.64. The van der Waals surface area contributed by atoms with E-state index in [-0.39, 0.29) is 11.4 Å². The van der Waals surface area contributed by atoms with Crippen molar-refractivity contribution in [1.29, 1.82) is 0 Å². The summed E-state index contributed by atoms with van der Waals surface area (Å²) >= 11 is 0. The van der Waals surface area contributed by atoms with Gasteiger partial charge in [0, 0.05) is 10.9 Å². The molecule has 1 aliphatic rings. The number of hydrogen-bond acceptors (Lipinski definition) is 0. The summed E-state index contributed by atoms with van der Waals surface area (Å²) < 4.78 is 53.3. The summed E-state index contributed by atoms with van der Waals surface area (Å²) in [5, 5.41) is 1.39. The summed E-state index contributed by atoms with van der Waals surface area (Å²) in [7, 11) is 0. The molecule has 3 aromatic carbocycles. The second-order valence-corrected chi connectivity index (χ2v) is 9.80. The Morgan fingerprint density at radius 2 is 1.57 bits per heavy atom. The molecule has 35 heavy (non-hydrogen) atoms. The lowest BCUT2D eigenvalue weighted by atomic mass is 9.76. The normalized spacial score (nSPS) is 18.3. The van der Waals surface area contributed by atoms with Crippen molar-refractivity contribution in [3.63, 3.8) is 0 Å². The predicted molar refractivity (Wildman–Crippen MR) is 135 cm³/mol. The van der Waals surface area contributed by atoms with Crippen LogP contribution in [-0.4, -0.2) is 0 Å². The Morgan fingerprint density at radius 3 is 2.26 bits per heavy atom. The van der Waals surface area contributed by atoms with Gasteiger partial charge in [-0.05, 0) is 78.8 Å². The van der Waals surface area contributed by atoms with E-state index in [0.717, 1.165) is 23.4 Å². The van der Waals surface area contributed by atoms with E-state index in [0.29, 0.717) is 16.9 Å². The average Bonchev–Trinajstić information content (AvgIpc) is 2.86. The summed E-state index contributed by atoms with van der Waals surface area (Å²) in [6, 6.07) is 14.1. The lowest BCUT2D eigenvalue weighted by Crippen LogP contribution is -2.13. The maximum atomic E-state index is 15.1. The summed E-state index contributed by atoms with van der Waals surface area (Å²) in [5.41, 5.74) is 1.21. The topological polar surface area (TPSA) is 0 Å². The molecule has 0 aromatic heterocycles.